The topological polar surface area (TPSA) is 249 Å². The van der Waals surface area contributed by atoms with Gasteiger partial charge in [0.25, 0.3) is 0 Å². The average Bonchev–Trinajstić information content (AvgIpc) is 3.27. The molecule has 18 nitrogen and oxygen atoms in total. The highest BCUT2D eigenvalue weighted by Gasteiger charge is 2.58. The Hall–Kier alpha value is -6.36. The first-order valence-electron chi connectivity index (χ1n) is 22.5. The molecular formula is C46H66F6N8O10. The number of carbonyl (C=O) groups is 4. The molecule has 8 N–H and O–H groups in total. The molecule has 1 aliphatic rings. The summed E-state index contributed by atoms with van der Waals surface area (Å²) in [6.45, 7) is 6.51. The fourth-order valence-corrected chi connectivity index (χ4v) is 7.70. The molecule has 0 spiro atoms. The van der Waals surface area contributed by atoms with Crippen LogP contribution >= 0.6 is 0 Å². The monoisotopic (exact) mass is 1000 g/mol. The first kappa shape index (κ1) is 58.0. The highest BCUT2D eigenvalue weighted by Crippen LogP contribution is 2.59. The predicted molar refractivity (Wildman–Crippen MR) is 247 cm³/mol. The van der Waals surface area contributed by atoms with Crippen molar-refractivity contribution >= 4 is 35.7 Å². The van der Waals surface area contributed by atoms with Crippen LogP contribution in [-0.2, 0) is 28.7 Å². The van der Waals surface area contributed by atoms with Crippen LogP contribution in [0.3, 0.4) is 0 Å². The summed E-state index contributed by atoms with van der Waals surface area (Å²) >= 11 is 0. The molecule has 0 aromatic heterocycles. The van der Waals surface area contributed by atoms with Crippen molar-refractivity contribution in [2.24, 2.45) is 33.3 Å². The summed E-state index contributed by atoms with van der Waals surface area (Å²) in [5, 5.41) is 11.6. The van der Waals surface area contributed by atoms with Gasteiger partial charge in [0, 0.05) is 63.9 Å². The standard InChI is InChI=1S/C46H66F6N8O10/c1-43(2,69-39(63)45(47,48)49)17-23-59-41(53)57-21-11-9-19-55-37(61)35-33(27-13-15-29(65-5)31(25-27)67-7)34(28-14-16-30(66-6)32(26-28)68-8)36(35)38(62)56-20-10-12-22-58-42(54)60-24-18-44(3,4)70-40(64)46(50,51)52/h13-16,25-26,33-36H,9-12,17-24H2,1-8H3,(H,55,61)(H,56,62)(H3,53,57,59)(H3,54,58,60)/t33-,34+,35+,36-. The normalized spacial score (nSPS) is 17.6. The molecule has 0 bridgehead atoms. The summed E-state index contributed by atoms with van der Waals surface area (Å²) in [6, 6.07) is 10.7. The van der Waals surface area contributed by atoms with Crippen molar-refractivity contribution in [3.8, 4) is 23.0 Å². The van der Waals surface area contributed by atoms with E-state index in [0.29, 0.717) is 48.7 Å². The van der Waals surface area contributed by atoms with Crippen LogP contribution in [-0.4, -0.2) is 127 Å². The molecule has 0 saturated heterocycles. The largest absolute Gasteiger partial charge is 0.493 e. The molecule has 1 aliphatic carbocycles. The minimum atomic E-state index is -5.11. The summed E-state index contributed by atoms with van der Waals surface area (Å²) in [5.74, 6) is -6.21. The lowest BCUT2D eigenvalue weighted by Gasteiger charge is -2.51. The molecule has 4 atom stereocenters. The Morgan fingerprint density at radius 3 is 1.19 bits per heavy atom. The molecule has 24 heteroatoms. The number of esters is 2. The number of halogens is 6. The highest BCUT2D eigenvalue weighted by atomic mass is 19.4. The Balaban J connectivity index is 1.72. The van der Waals surface area contributed by atoms with Gasteiger partial charge in [0.1, 0.15) is 11.2 Å². The number of nitrogens with one attached hydrogen (secondary N) is 4. The molecule has 3 rings (SSSR count). The van der Waals surface area contributed by atoms with Crippen molar-refractivity contribution in [2.45, 2.75) is 102 Å². The van der Waals surface area contributed by atoms with E-state index < -0.39 is 59.2 Å². The smallest absolute Gasteiger partial charge is 0.490 e. The van der Waals surface area contributed by atoms with E-state index >= 15 is 0 Å². The number of amides is 2. The number of nitrogens with zero attached hydrogens (tertiary/aromatic N) is 2. The number of rotatable bonds is 26. The molecular weight excluding hydrogens is 939 g/mol. The summed E-state index contributed by atoms with van der Waals surface area (Å²) in [6.07, 6.45) is -8.25. The van der Waals surface area contributed by atoms with E-state index in [-0.39, 0.29) is 75.8 Å². The second kappa shape index (κ2) is 26.0. The second-order valence-corrected chi connectivity index (χ2v) is 17.5. The summed E-state index contributed by atoms with van der Waals surface area (Å²) < 4.78 is 107. The molecule has 2 amide bonds. The number of alkyl halides is 6. The van der Waals surface area contributed by atoms with Crippen molar-refractivity contribution in [3.05, 3.63) is 47.5 Å². The first-order valence-corrected chi connectivity index (χ1v) is 22.5. The van der Waals surface area contributed by atoms with Crippen LogP contribution in [0.15, 0.2) is 46.4 Å². The van der Waals surface area contributed by atoms with Crippen molar-refractivity contribution in [1.82, 2.24) is 21.3 Å². The van der Waals surface area contributed by atoms with Gasteiger partial charge in [0.15, 0.2) is 34.9 Å². The maximum atomic E-state index is 14.3. The summed E-state index contributed by atoms with van der Waals surface area (Å²) in [5.41, 5.74) is 10.5. The Kier molecular flexibility index (Phi) is 21.5. The van der Waals surface area contributed by atoms with Gasteiger partial charge in [-0.15, -0.1) is 0 Å². The van der Waals surface area contributed by atoms with Crippen molar-refractivity contribution in [3.63, 3.8) is 0 Å². The lowest BCUT2D eigenvalue weighted by Crippen LogP contribution is -2.57. The second-order valence-electron chi connectivity index (χ2n) is 17.5. The number of guanidine groups is 2. The molecule has 1 fully saturated rings. The number of carbonyl (C=O) groups excluding carboxylic acids is 4. The minimum absolute atomic E-state index is 0.0184. The SMILES string of the molecule is COc1ccc([C@@H]2[C@@H](C(=O)NCCCCN=C(N)NCCC(C)(C)OC(=O)C(F)(F)F)[C@@H](C(=O)NCCCCN=C(N)NCCC(C)(C)OC(=O)C(F)(F)F)[C@@H]2c2ccc(OC)c(OC)c2)cc1OC. The van der Waals surface area contributed by atoms with Crippen LogP contribution in [0.1, 0.15) is 89.2 Å². The van der Waals surface area contributed by atoms with Gasteiger partial charge in [-0.3, -0.25) is 19.6 Å². The number of hydrogen-bond donors (Lipinski definition) is 6. The molecule has 70 heavy (non-hydrogen) atoms. The number of methoxy groups -OCH3 is 4. The highest BCUT2D eigenvalue weighted by molar-refractivity contribution is 5.92. The molecule has 0 unspecified atom stereocenters. The minimum Gasteiger partial charge on any atom is -0.493 e. The van der Waals surface area contributed by atoms with Gasteiger partial charge < -0.3 is 61.2 Å². The molecule has 1 saturated carbocycles. The van der Waals surface area contributed by atoms with Gasteiger partial charge in [-0.1, -0.05) is 12.1 Å². The number of aliphatic imine (C=N–C) groups is 2. The lowest BCUT2D eigenvalue weighted by atomic mass is 9.51. The van der Waals surface area contributed by atoms with E-state index in [2.05, 4.69) is 40.7 Å². The number of ether oxygens (including phenoxy) is 6. The fourth-order valence-electron chi connectivity index (χ4n) is 7.70. The predicted octanol–water partition coefficient (Wildman–Crippen LogP) is 4.98. The van der Waals surface area contributed by atoms with Gasteiger partial charge in [0.05, 0.1) is 40.3 Å². The van der Waals surface area contributed by atoms with E-state index in [9.17, 15) is 45.5 Å². The van der Waals surface area contributed by atoms with Crippen LogP contribution in [0, 0.1) is 11.8 Å². The van der Waals surface area contributed by atoms with Crippen molar-refractivity contribution < 1.29 is 73.9 Å². The van der Waals surface area contributed by atoms with E-state index in [1.165, 1.54) is 56.1 Å². The summed E-state index contributed by atoms with van der Waals surface area (Å²) in [4.78, 5) is 59.6. The molecule has 0 heterocycles. The van der Waals surface area contributed by atoms with Gasteiger partial charge in [-0.2, -0.15) is 26.3 Å². The van der Waals surface area contributed by atoms with Crippen LogP contribution in [0.2, 0.25) is 0 Å². The van der Waals surface area contributed by atoms with Crippen LogP contribution in [0.4, 0.5) is 26.3 Å². The number of nitrogens with two attached hydrogens (primary N) is 2. The third-order valence-corrected chi connectivity index (χ3v) is 11.3. The third-order valence-electron chi connectivity index (χ3n) is 11.3. The van der Waals surface area contributed by atoms with Crippen LogP contribution in [0.5, 0.6) is 23.0 Å². The number of unbranched alkanes of at least 4 members (excludes halogenated alkanes) is 2. The Morgan fingerprint density at radius 2 is 0.871 bits per heavy atom. The maximum Gasteiger partial charge on any atom is 0.490 e. The first-order chi connectivity index (χ1) is 32.8. The lowest BCUT2D eigenvalue weighted by molar-refractivity contribution is -0.212. The van der Waals surface area contributed by atoms with E-state index in [1.54, 1.807) is 24.3 Å². The zero-order valence-corrected chi connectivity index (χ0v) is 40.7. The van der Waals surface area contributed by atoms with E-state index in [0.717, 1.165) is 11.1 Å². The van der Waals surface area contributed by atoms with E-state index in [1.807, 2.05) is 12.1 Å². The Bertz CT molecular complexity index is 1990. The zero-order valence-electron chi connectivity index (χ0n) is 40.7. The van der Waals surface area contributed by atoms with Gasteiger partial charge >= 0.3 is 24.3 Å². The van der Waals surface area contributed by atoms with Crippen molar-refractivity contribution in [1.29, 1.82) is 0 Å². The Morgan fingerprint density at radius 1 is 0.529 bits per heavy atom. The van der Waals surface area contributed by atoms with Crippen LogP contribution in [0.25, 0.3) is 0 Å². The molecule has 0 radical (unpaired) electrons. The molecule has 0 aliphatic heterocycles. The van der Waals surface area contributed by atoms with Gasteiger partial charge in [-0.25, -0.2) is 9.59 Å². The van der Waals surface area contributed by atoms with Gasteiger partial charge in [-0.05, 0) is 88.8 Å². The quantitative estimate of drug-likeness (QED) is 0.0239. The molecule has 392 valence electrons. The number of benzene rings is 2. The van der Waals surface area contributed by atoms with Crippen LogP contribution < -0.4 is 51.7 Å². The zero-order chi connectivity index (χ0) is 52.5. The maximum absolute atomic E-state index is 14.3. The average molecular weight is 1010 g/mol. The summed E-state index contributed by atoms with van der Waals surface area (Å²) in [7, 11) is 5.99. The Labute approximate surface area is 403 Å². The molecule has 2 aromatic rings. The number of hydrogen-bond acceptors (Lipinski definition) is 12. The third kappa shape index (κ3) is 17.6. The van der Waals surface area contributed by atoms with E-state index in [4.69, 9.17) is 30.4 Å². The van der Waals surface area contributed by atoms with Crippen molar-refractivity contribution in [2.75, 3.05) is 67.7 Å². The molecule has 2 aromatic carbocycles. The fraction of sp³-hybridized carbons (Fsp3) is 0.609. The van der Waals surface area contributed by atoms with Gasteiger partial charge in [0.2, 0.25) is 11.8 Å².